The van der Waals surface area contributed by atoms with Crippen molar-refractivity contribution in [2.24, 2.45) is 0 Å². The third-order valence-corrected chi connectivity index (χ3v) is 5.34. The molecule has 0 saturated carbocycles. The maximum Gasteiger partial charge on any atom is 0.534 e. The zero-order valence-corrected chi connectivity index (χ0v) is 18.6. The van der Waals surface area contributed by atoms with Crippen LogP contribution in [-0.4, -0.2) is 41.3 Å². The van der Waals surface area contributed by atoms with E-state index in [1.165, 1.54) is 38.1 Å². The Labute approximate surface area is 194 Å². The van der Waals surface area contributed by atoms with Gasteiger partial charge < -0.3 is 8.92 Å². The van der Waals surface area contributed by atoms with Crippen molar-refractivity contribution in [3.63, 3.8) is 0 Å². The highest BCUT2D eigenvalue weighted by Gasteiger charge is 2.49. The number of hydrogen-bond donors (Lipinski definition) is 0. The van der Waals surface area contributed by atoms with Crippen molar-refractivity contribution < 1.29 is 48.5 Å². The van der Waals surface area contributed by atoms with E-state index in [0.717, 1.165) is 12.1 Å². The van der Waals surface area contributed by atoms with Crippen molar-refractivity contribution in [2.75, 3.05) is 6.61 Å². The Hall–Kier alpha value is -3.62. The monoisotopic (exact) mass is 523 g/mol. The van der Waals surface area contributed by atoms with Gasteiger partial charge in [0.15, 0.2) is 17.3 Å². The lowest BCUT2D eigenvalue weighted by Gasteiger charge is -2.15. The molecule has 3 rings (SSSR count). The van der Waals surface area contributed by atoms with Gasteiger partial charge in [-0.15, -0.1) is 0 Å². The van der Waals surface area contributed by atoms with E-state index >= 15 is 0 Å². The molecule has 0 aliphatic carbocycles. The number of alkyl halides is 6. The first-order valence-electron chi connectivity index (χ1n) is 9.57. The third kappa shape index (κ3) is 5.39. The Bertz CT molecular complexity index is 1370. The molecule has 8 nitrogen and oxygen atoms in total. The van der Waals surface area contributed by atoms with Crippen LogP contribution in [0.5, 0.6) is 5.75 Å². The molecule has 0 saturated heterocycles. The fourth-order valence-corrected chi connectivity index (χ4v) is 3.40. The predicted octanol–water partition coefficient (Wildman–Crippen LogP) is 4.67. The van der Waals surface area contributed by atoms with Crippen molar-refractivity contribution in [1.82, 2.24) is 14.8 Å². The molecule has 15 heteroatoms. The Kier molecular flexibility index (Phi) is 6.83. The van der Waals surface area contributed by atoms with Crippen LogP contribution in [0.1, 0.15) is 28.5 Å². The highest BCUT2D eigenvalue weighted by molar-refractivity contribution is 7.88. The number of ether oxygens (including phenoxy) is 1. The zero-order valence-electron chi connectivity index (χ0n) is 17.8. The van der Waals surface area contributed by atoms with Gasteiger partial charge in [0.2, 0.25) is 0 Å². The van der Waals surface area contributed by atoms with Gasteiger partial charge in [0.05, 0.1) is 18.5 Å². The van der Waals surface area contributed by atoms with Crippen LogP contribution in [0.15, 0.2) is 42.6 Å². The molecule has 3 aromatic rings. The first-order valence-corrected chi connectivity index (χ1v) is 11.0. The van der Waals surface area contributed by atoms with Crippen LogP contribution in [0.4, 0.5) is 26.3 Å². The Morgan fingerprint density at radius 2 is 1.77 bits per heavy atom. The number of esters is 1. The molecule has 0 aliphatic heterocycles. The average molecular weight is 523 g/mol. The Balaban J connectivity index is 2.16. The van der Waals surface area contributed by atoms with E-state index < -0.39 is 50.6 Å². The molecule has 2 aromatic heterocycles. The number of rotatable bonds is 6. The summed E-state index contributed by atoms with van der Waals surface area (Å²) in [6.45, 7) is 2.75. The number of halogens is 6. The topological polar surface area (TPSA) is 100 Å². The van der Waals surface area contributed by atoms with Crippen LogP contribution in [0.2, 0.25) is 0 Å². The van der Waals surface area contributed by atoms with Gasteiger partial charge in [-0.05, 0) is 38.1 Å². The van der Waals surface area contributed by atoms with E-state index in [1.54, 1.807) is 0 Å². The fraction of sp³-hybridized carbons (Fsp3) is 0.250. The normalized spacial score (nSPS) is 12.5. The molecule has 0 radical (unpaired) electrons. The minimum Gasteiger partial charge on any atom is -0.462 e. The van der Waals surface area contributed by atoms with Crippen molar-refractivity contribution in [3.05, 3.63) is 59.4 Å². The third-order valence-electron chi connectivity index (χ3n) is 4.38. The van der Waals surface area contributed by atoms with Gasteiger partial charge in [-0.2, -0.15) is 39.9 Å². The minimum absolute atomic E-state index is 0.188. The van der Waals surface area contributed by atoms with Crippen LogP contribution in [-0.2, 0) is 21.0 Å². The maximum absolute atomic E-state index is 13.8. The van der Waals surface area contributed by atoms with E-state index in [1.807, 2.05) is 0 Å². The molecule has 0 spiro atoms. The number of carbonyl (C=O) groups excluding carboxylic acids is 1. The summed E-state index contributed by atoms with van der Waals surface area (Å²) in [4.78, 5) is 16.0. The van der Waals surface area contributed by atoms with Gasteiger partial charge in [-0.1, -0.05) is 17.7 Å². The quantitative estimate of drug-likeness (QED) is 0.200. The molecular weight excluding hydrogens is 508 g/mol. The second-order valence-electron chi connectivity index (χ2n) is 6.90. The second kappa shape index (κ2) is 9.20. The van der Waals surface area contributed by atoms with Crippen LogP contribution in [0, 0.1) is 6.92 Å². The first kappa shape index (κ1) is 26.0. The van der Waals surface area contributed by atoms with E-state index in [-0.39, 0.29) is 17.9 Å². The molecule has 188 valence electrons. The average Bonchev–Trinajstić information content (AvgIpc) is 3.20. The largest absolute Gasteiger partial charge is 0.534 e. The molecular formula is C20H15F6N3O5S. The predicted molar refractivity (Wildman–Crippen MR) is 108 cm³/mol. The number of nitrogens with zero attached hydrogens (tertiary/aromatic N) is 3. The molecule has 35 heavy (non-hydrogen) atoms. The second-order valence-corrected chi connectivity index (χ2v) is 8.44. The summed E-state index contributed by atoms with van der Waals surface area (Å²) >= 11 is 0. The van der Waals surface area contributed by atoms with Gasteiger partial charge in [0.1, 0.15) is 5.56 Å². The van der Waals surface area contributed by atoms with Gasteiger partial charge in [0.25, 0.3) is 0 Å². The van der Waals surface area contributed by atoms with Crippen LogP contribution >= 0.6 is 0 Å². The Morgan fingerprint density at radius 1 is 1.09 bits per heavy atom. The molecule has 0 aliphatic rings. The summed E-state index contributed by atoms with van der Waals surface area (Å²) in [5.74, 6) is -2.48. The molecule has 0 atom stereocenters. The summed E-state index contributed by atoms with van der Waals surface area (Å²) < 4.78 is 112. The number of aromatic nitrogens is 3. The van der Waals surface area contributed by atoms with Gasteiger partial charge in [-0.3, -0.25) is 0 Å². The molecule has 0 amide bonds. The lowest BCUT2D eigenvalue weighted by atomic mass is 10.1. The van der Waals surface area contributed by atoms with Crippen molar-refractivity contribution in [2.45, 2.75) is 25.5 Å². The molecule has 1 aromatic carbocycles. The molecule has 2 heterocycles. The summed E-state index contributed by atoms with van der Waals surface area (Å²) in [5.41, 5.74) is -8.08. The summed E-state index contributed by atoms with van der Waals surface area (Å²) in [7, 11) is -6.04. The van der Waals surface area contributed by atoms with E-state index in [0.29, 0.717) is 16.4 Å². The molecule has 0 fully saturated rings. The molecule has 0 bridgehead atoms. The van der Waals surface area contributed by atoms with E-state index in [9.17, 15) is 39.6 Å². The molecule has 0 N–H and O–H groups in total. The fourth-order valence-electron chi connectivity index (χ4n) is 2.93. The minimum atomic E-state index is -6.04. The SMILES string of the molecule is CCOC(=O)c1cnn(-c2cccc(-c3cc(C)ccc3OS(=O)(=O)C(F)(F)F)n2)c1C(F)(F)F. The standard InChI is InChI=1S/C20H15F6N3O5S/c1-3-33-18(30)13-10-27-29(17(13)19(21,22)23)16-6-4-5-14(28-16)12-9-11(2)7-8-15(12)34-35(31,32)20(24,25)26/h4-10H,3H2,1-2H3. The summed E-state index contributed by atoms with van der Waals surface area (Å²) in [5, 5.41) is 3.58. The lowest BCUT2D eigenvalue weighted by molar-refractivity contribution is -0.143. The maximum atomic E-state index is 13.8. The summed E-state index contributed by atoms with van der Waals surface area (Å²) in [6.07, 6.45) is -4.42. The highest BCUT2D eigenvalue weighted by Crippen LogP contribution is 2.36. The van der Waals surface area contributed by atoms with Gasteiger partial charge in [-0.25, -0.2) is 14.5 Å². The zero-order chi connectivity index (χ0) is 26.2. The van der Waals surface area contributed by atoms with Crippen molar-refractivity contribution >= 4 is 16.1 Å². The smallest absolute Gasteiger partial charge is 0.462 e. The van der Waals surface area contributed by atoms with Crippen LogP contribution < -0.4 is 4.18 Å². The number of hydrogen-bond acceptors (Lipinski definition) is 7. The highest BCUT2D eigenvalue weighted by atomic mass is 32.2. The first-order chi connectivity index (χ1) is 16.2. The molecule has 0 unspecified atom stereocenters. The van der Waals surface area contributed by atoms with Gasteiger partial charge in [0, 0.05) is 5.56 Å². The number of aryl methyl sites for hydroxylation is 1. The van der Waals surface area contributed by atoms with Crippen LogP contribution in [0.3, 0.4) is 0 Å². The number of carbonyl (C=O) groups is 1. The van der Waals surface area contributed by atoms with E-state index in [4.69, 9.17) is 0 Å². The van der Waals surface area contributed by atoms with Crippen molar-refractivity contribution in [1.29, 1.82) is 0 Å². The van der Waals surface area contributed by atoms with E-state index in [2.05, 4.69) is 19.0 Å². The van der Waals surface area contributed by atoms with Crippen LogP contribution in [0.25, 0.3) is 17.1 Å². The summed E-state index contributed by atoms with van der Waals surface area (Å²) in [6, 6.07) is 7.00. The number of pyridine rings is 1. The Morgan fingerprint density at radius 3 is 2.37 bits per heavy atom. The lowest BCUT2D eigenvalue weighted by Crippen LogP contribution is -2.28. The van der Waals surface area contributed by atoms with Gasteiger partial charge >= 0.3 is 27.8 Å². The number of benzene rings is 1. The van der Waals surface area contributed by atoms with Crippen molar-refractivity contribution in [3.8, 4) is 22.8 Å².